The van der Waals surface area contributed by atoms with Crippen molar-refractivity contribution in [2.45, 2.75) is 13.0 Å². The minimum atomic E-state index is -0.337. The van der Waals surface area contributed by atoms with E-state index in [1.807, 2.05) is 67.6 Å². The molecule has 2 aromatic carbocycles. The number of hydrogen-bond donors (Lipinski definition) is 1. The number of carbonyl (C=O) groups excluding carboxylic acids is 1. The predicted molar refractivity (Wildman–Crippen MR) is 115 cm³/mol. The van der Waals surface area contributed by atoms with Gasteiger partial charge in [-0.3, -0.25) is 9.69 Å². The molecule has 6 heteroatoms. The molecule has 148 valence electrons. The Morgan fingerprint density at radius 1 is 0.897 bits per heavy atom. The van der Waals surface area contributed by atoms with Gasteiger partial charge in [0, 0.05) is 44.3 Å². The van der Waals surface area contributed by atoms with Crippen LogP contribution in [0.1, 0.15) is 17.2 Å². The van der Waals surface area contributed by atoms with Crippen molar-refractivity contribution >= 4 is 17.5 Å². The van der Waals surface area contributed by atoms with E-state index in [1.54, 1.807) is 12.4 Å². The van der Waals surface area contributed by atoms with Gasteiger partial charge in [0.05, 0.1) is 0 Å². The Labute approximate surface area is 171 Å². The van der Waals surface area contributed by atoms with Gasteiger partial charge < -0.3 is 10.2 Å². The zero-order valence-corrected chi connectivity index (χ0v) is 16.5. The first-order valence-corrected chi connectivity index (χ1v) is 9.89. The number of rotatable bonds is 5. The SMILES string of the molecule is Cc1ccc(NC(=O)[C@@H](c2ccccc2)N2CCN(c3ncccn3)CC2)cc1. The molecular formula is C23H25N5O. The van der Waals surface area contributed by atoms with Gasteiger partial charge in [-0.1, -0.05) is 48.0 Å². The molecule has 1 fully saturated rings. The highest BCUT2D eigenvalue weighted by Gasteiger charge is 2.31. The van der Waals surface area contributed by atoms with Crippen molar-refractivity contribution in [3.63, 3.8) is 0 Å². The summed E-state index contributed by atoms with van der Waals surface area (Å²) in [5.41, 5.74) is 2.99. The number of anilines is 2. The molecule has 1 aliphatic rings. The van der Waals surface area contributed by atoms with Gasteiger partial charge in [-0.15, -0.1) is 0 Å². The average molecular weight is 387 g/mol. The van der Waals surface area contributed by atoms with E-state index in [2.05, 4.69) is 25.1 Å². The number of piperazine rings is 1. The summed E-state index contributed by atoms with van der Waals surface area (Å²) in [6.07, 6.45) is 3.52. The Kier molecular flexibility index (Phi) is 5.81. The molecule has 29 heavy (non-hydrogen) atoms. The average Bonchev–Trinajstić information content (AvgIpc) is 2.77. The maximum Gasteiger partial charge on any atom is 0.246 e. The van der Waals surface area contributed by atoms with Crippen LogP contribution in [0, 0.1) is 6.92 Å². The summed E-state index contributed by atoms with van der Waals surface area (Å²) >= 11 is 0. The molecule has 1 aromatic heterocycles. The first-order valence-electron chi connectivity index (χ1n) is 9.89. The number of benzene rings is 2. The van der Waals surface area contributed by atoms with Gasteiger partial charge in [0.1, 0.15) is 6.04 Å². The van der Waals surface area contributed by atoms with Crippen molar-refractivity contribution in [3.05, 3.63) is 84.2 Å². The molecule has 1 saturated heterocycles. The molecule has 0 saturated carbocycles. The molecule has 2 heterocycles. The fourth-order valence-electron chi connectivity index (χ4n) is 3.65. The zero-order chi connectivity index (χ0) is 20.1. The number of carbonyl (C=O) groups is 1. The fraction of sp³-hybridized carbons (Fsp3) is 0.261. The summed E-state index contributed by atoms with van der Waals surface area (Å²) in [6.45, 7) is 5.13. The summed E-state index contributed by atoms with van der Waals surface area (Å²) < 4.78 is 0. The van der Waals surface area contributed by atoms with Gasteiger partial charge in [0.25, 0.3) is 0 Å². The lowest BCUT2D eigenvalue weighted by Crippen LogP contribution is -2.50. The topological polar surface area (TPSA) is 61.4 Å². The van der Waals surface area contributed by atoms with Crippen LogP contribution in [0.25, 0.3) is 0 Å². The van der Waals surface area contributed by atoms with E-state index >= 15 is 0 Å². The van der Waals surface area contributed by atoms with E-state index in [9.17, 15) is 4.79 Å². The molecule has 1 N–H and O–H groups in total. The highest BCUT2D eigenvalue weighted by Crippen LogP contribution is 2.25. The molecule has 6 nitrogen and oxygen atoms in total. The van der Waals surface area contributed by atoms with Crippen LogP contribution < -0.4 is 10.2 Å². The van der Waals surface area contributed by atoms with Crippen molar-refractivity contribution < 1.29 is 4.79 Å². The van der Waals surface area contributed by atoms with Gasteiger partial charge in [-0.05, 0) is 30.7 Å². The maximum atomic E-state index is 13.3. The second-order valence-corrected chi connectivity index (χ2v) is 7.24. The van der Waals surface area contributed by atoms with E-state index in [-0.39, 0.29) is 11.9 Å². The Morgan fingerprint density at radius 2 is 1.55 bits per heavy atom. The molecule has 0 aliphatic carbocycles. The number of amides is 1. The molecule has 1 aliphatic heterocycles. The molecule has 0 unspecified atom stereocenters. The Balaban J connectivity index is 1.51. The van der Waals surface area contributed by atoms with Gasteiger partial charge in [0.15, 0.2) is 0 Å². The third-order valence-electron chi connectivity index (χ3n) is 5.20. The molecular weight excluding hydrogens is 362 g/mol. The molecule has 0 bridgehead atoms. The lowest BCUT2D eigenvalue weighted by atomic mass is 10.0. The second-order valence-electron chi connectivity index (χ2n) is 7.24. The minimum absolute atomic E-state index is 0.00976. The third kappa shape index (κ3) is 4.60. The lowest BCUT2D eigenvalue weighted by molar-refractivity contribution is -0.121. The van der Waals surface area contributed by atoms with Gasteiger partial charge >= 0.3 is 0 Å². The summed E-state index contributed by atoms with van der Waals surface area (Å²) in [4.78, 5) is 26.3. The van der Waals surface area contributed by atoms with Crippen LogP contribution in [0.4, 0.5) is 11.6 Å². The number of nitrogens with zero attached hydrogens (tertiary/aromatic N) is 4. The van der Waals surface area contributed by atoms with E-state index in [0.29, 0.717) is 0 Å². The first kappa shape index (κ1) is 19.1. The molecule has 0 spiro atoms. The number of nitrogens with one attached hydrogen (secondary N) is 1. The largest absolute Gasteiger partial charge is 0.338 e. The number of hydrogen-bond acceptors (Lipinski definition) is 5. The number of aromatic nitrogens is 2. The van der Waals surface area contributed by atoms with E-state index in [1.165, 1.54) is 5.56 Å². The Bertz CT molecular complexity index is 923. The number of aryl methyl sites for hydroxylation is 1. The van der Waals surface area contributed by atoms with Crippen LogP contribution >= 0.6 is 0 Å². The Hall–Kier alpha value is -3.25. The summed E-state index contributed by atoms with van der Waals surface area (Å²) in [5, 5.41) is 3.09. The zero-order valence-electron chi connectivity index (χ0n) is 16.5. The minimum Gasteiger partial charge on any atom is -0.338 e. The van der Waals surface area contributed by atoms with Crippen LogP contribution in [0.15, 0.2) is 73.1 Å². The van der Waals surface area contributed by atoms with Crippen molar-refractivity contribution in [3.8, 4) is 0 Å². The van der Waals surface area contributed by atoms with E-state index in [4.69, 9.17) is 0 Å². The highest BCUT2D eigenvalue weighted by molar-refractivity contribution is 5.95. The lowest BCUT2D eigenvalue weighted by Gasteiger charge is -2.38. The standard InChI is InChI=1S/C23H25N5O/c1-18-8-10-20(11-9-18)26-22(29)21(19-6-3-2-4-7-19)27-14-16-28(17-15-27)23-24-12-5-13-25-23/h2-13,21H,14-17H2,1H3,(H,26,29)/t21-/m1/s1. The quantitative estimate of drug-likeness (QED) is 0.728. The fourth-order valence-corrected chi connectivity index (χ4v) is 3.65. The van der Waals surface area contributed by atoms with E-state index in [0.717, 1.165) is 43.4 Å². The van der Waals surface area contributed by atoms with Crippen LogP contribution in [0.5, 0.6) is 0 Å². The highest BCUT2D eigenvalue weighted by atomic mass is 16.2. The van der Waals surface area contributed by atoms with Gasteiger partial charge in [-0.25, -0.2) is 9.97 Å². The normalized spacial score (nSPS) is 15.7. The van der Waals surface area contributed by atoms with Crippen LogP contribution in [-0.4, -0.2) is 47.0 Å². The molecule has 0 radical (unpaired) electrons. The van der Waals surface area contributed by atoms with E-state index < -0.39 is 0 Å². The second kappa shape index (κ2) is 8.84. The van der Waals surface area contributed by atoms with Crippen LogP contribution in [0.2, 0.25) is 0 Å². The summed E-state index contributed by atoms with van der Waals surface area (Å²) in [7, 11) is 0. The van der Waals surface area contributed by atoms with Crippen LogP contribution in [0.3, 0.4) is 0 Å². The molecule has 1 amide bonds. The predicted octanol–water partition coefficient (Wildman–Crippen LogP) is 3.29. The monoisotopic (exact) mass is 387 g/mol. The van der Waals surface area contributed by atoms with Crippen molar-refractivity contribution in [2.75, 3.05) is 36.4 Å². The van der Waals surface area contributed by atoms with Crippen molar-refractivity contribution in [1.82, 2.24) is 14.9 Å². The first-order chi connectivity index (χ1) is 14.2. The van der Waals surface area contributed by atoms with Crippen molar-refractivity contribution in [2.24, 2.45) is 0 Å². The van der Waals surface area contributed by atoms with Crippen LogP contribution in [-0.2, 0) is 4.79 Å². The summed E-state index contributed by atoms with van der Waals surface area (Å²) in [6, 6.07) is 19.4. The summed E-state index contributed by atoms with van der Waals surface area (Å²) in [5.74, 6) is 0.733. The molecule has 1 atom stereocenters. The third-order valence-corrected chi connectivity index (χ3v) is 5.20. The smallest absolute Gasteiger partial charge is 0.246 e. The maximum absolute atomic E-state index is 13.3. The Morgan fingerprint density at radius 3 is 2.21 bits per heavy atom. The van der Waals surface area contributed by atoms with Gasteiger partial charge in [-0.2, -0.15) is 0 Å². The van der Waals surface area contributed by atoms with Crippen molar-refractivity contribution in [1.29, 1.82) is 0 Å². The molecule has 4 rings (SSSR count). The molecule has 3 aromatic rings. The van der Waals surface area contributed by atoms with Gasteiger partial charge in [0.2, 0.25) is 11.9 Å².